The minimum Gasteiger partial charge on any atom is -0.383 e. The van der Waals surface area contributed by atoms with Gasteiger partial charge in [-0.2, -0.15) is 18.3 Å². The van der Waals surface area contributed by atoms with E-state index in [2.05, 4.69) is 20.5 Å². The van der Waals surface area contributed by atoms with E-state index in [0.29, 0.717) is 16.5 Å². The van der Waals surface area contributed by atoms with Gasteiger partial charge in [0.15, 0.2) is 6.23 Å². The molecule has 8 nitrogen and oxygen atoms in total. The number of aromatic nitrogens is 3. The van der Waals surface area contributed by atoms with Gasteiger partial charge >= 0.3 is 6.18 Å². The van der Waals surface area contributed by atoms with Crippen LogP contribution in [0.3, 0.4) is 0 Å². The number of halogens is 3. The zero-order chi connectivity index (χ0) is 21.3. The Bertz CT molecular complexity index is 1020. The van der Waals surface area contributed by atoms with Gasteiger partial charge in [0.25, 0.3) is 5.91 Å². The molecule has 0 saturated carbocycles. The number of aromatic amines is 1. The van der Waals surface area contributed by atoms with Gasteiger partial charge in [0.1, 0.15) is 5.82 Å². The summed E-state index contributed by atoms with van der Waals surface area (Å²) in [4.78, 5) is 17.8. The van der Waals surface area contributed by atoms with Gasteiger partial charge in [-0.25, -0.2) is 4.98 Å². The number of nitrogen functional groups attached to an aromatic ring is 1. The Hall–Kier alpha value is -3.18. The van der Waals surface area contributed by atoms with Crippen molar-refractivity contribution in [2.45, 2.75) is 25.4 Å². The van der Waals surface area contributed by atoms with Crippen LogP contribution in [0.2, 0.25) is 0 Å². The van der Waals surface area contributed by atoms with Crippen LogP contribution < -0.4 is 11.1 Å². The minimum atomic E-state index is -4.43. The number of fused-ring (bicyclic) bond motifs is 1. The molecule has 3 rings (SSSR count). The SMILES string of the molecule is C[C@H](c1ccc(C(F)(F)F)cc1)N(C)C(O)C(=O)Nc1cnc(N)c2cn[nH]c12. The summed E-state index contributed by atoms with van der Waals surface area (Å²) in [6, 6.07) is 4.01. The first kappa shape index (κ1) is 20.6. The maximum atomic E-state index is 12.7. The molecule has 0 aliphatic carbocycles. The van der Waals surface area contributed by atoms with Crippen LogP contribution in [0.1, 0.15) is 24.1 Å². The fourth-order valence-electron chi connectivity index (χ4n) is 2.83. The molecule has 0 aliphatic heterocycles. The number of carbonyl (C=O) groups excluding carboxylic acids is 1. The molecule has 0 spiro atoms. The molecule has 5 N–H and O–H groups in total. The van der Waals surface area contributed by atoms with Gasteiger partial charge in [0.05, 0.1) is 34.5 Å². The minimum absolute atomic E-state index is 0.236. The topological polar surface area (TPSA) is 120 Å². The lowest BCUT2D eigenvalue weighted by atomic mass is 10.0. The Kier molecular flexibility index (Phi) is 5.44. The average molecular weight is 408 g/mol. The van der Waals surface area contributed by atoms with Gasteiger partial charge in [-0.15, -0.1) is 0 Å². The molecule has 1 aromatic carbocycles. The van der Waals surface area contributed by atoms with Gasteiger partial charge in [-0.3, -0.25) is 14.8 Å². The van der Waals surface area contributed by atoms with Gasteiger partial charge in [-0.1, -0.05) is 12.1 Å². The number of pyridine rings is 1. The summed E-state index contributed by atoms with van der Waals surface area (Å²) in [5.41, 5.74) is 6.22. The first-order chi connectivity index (χ1) is 13.6. The monoisotopic (exact) mass is 408 g/mol. The van der Waals surface area contributed by atoms with Crippen LogP contribution in [-0.2, 0) is 11.0 Å². The smallest absolute Gasteiger partial charge is 0.383 e. The van der Waals surface area contributed by atoms with Crippen molar-refractivity contribution in [3.05, 3.63) is 47.8 Å². The molecule has 0 bridgehead atoms. The average Bonchev–Trinajstić information content (AvgIpc) is 3.19. The lowest BCUT2D eigenvalue weighted by Crippen LogP contribution is -2.43. The maximum absolute atomic E-state index is 12.7. The van der Waals surface area contributed by atoms with Crippen molar-refractivity contribution in [2.24, 2.45) is 0 Å². The number of alkyl halides is 3. The highest BCUT2D eigenvalue weighted by Gasteiger charge is 2.31. The molecule has 2 aromatic heterocycles. The highest BCUT2D eigenvalue weighted by Crippen LogP contribution is 2.31. The molecule has 3 aromatic rings. The lowest BCUT2D eigenvalue weighted by molar-refractivity contribution is -0.137. The van der Waals surface area contributed by atoms with Crippen LogP contribution >= 0.6 is 0 Å². The first-order valence-electron chi connectivity index (χ1n) is 8.55. The number of anilines is 2. The number of hydrogen-bond donors (Lipinski definition) is 4. The lowest BCUT2D eigenvalue weighted by Gasteiger charge is -2.29. The van der Waals surface area contributed by atoms with Crippen molar-refractivity contribution in [3.63, 3.8) is 0 Å². The predicted molar refractivity (Wildman–Crippen MR) is 101 cm³/mol. The zero-order valence-electron chi connectivity index (χ0n) is 15.5. The summed E-state index contributed by atoms with van der Waals surface area (Å²) in [7, 11) is 1.49. The number of hydrogen-bond acceptors (Lipinski definition) is 6. The van der Waals surface area contributed by atoms with E-state index in [1.807, 2.05) is 0 Å². The molecule has 2 atom stereocenters. The summed E-state index contributed by atoms with van der Waals surface area (Å²) in [5.74, 6) is -0.505. The third-order valence-corrected chi connectivity index (χ3v) is 4.73. The Morgan fingerprint density at radius 1 is 1.28 bits per heavy atom. The van der Waals surface area contributed by atoms with Crippen LogP contribution in [-0.4, -0.2) is 44.4 Å². The number of rotatable bonds is 5. The zero-order valence-corrected chi connectivity index (χ0v) is 15.5. The molecule has 0 fully saturated rings. The van der Waals surface area contributed by atoms with E-state index in [4.69, 9.17) is 5.73 Å². The highest BCUT2D eigenvalue weighted by molar-refractivity contribution is 6.03. The van der Waals surface area contributed by atoms with E-state index in [1.165, 1.54) is 36.5 Å². The third kappa shape index (κ3) is 4.15. The van der Waals surface area contributed by atoms with Crippen LogP contribution in [0.25, 0.3) is 10.9 Å². The van der Waals surface area contributed by atoms with Crippen molar-refractivity contribution in [1.82, 2.24) is 20.1 Å². The highest BCUT2D eigenvalue weighted by atomic mass is 19.4. The number of aliphatic hydroxyl groups is 1. The molecule has 2 heterocycles. The largest absolute Gasteiger partial charge is 0.416 e. The van der Waals surface area contributed by atoms with Crippen molar-refractivity contribution in [2.75, 3.05) is 18.1 Å². The number of carbonyl (C=O) groups is 1. The summed E-state index contributed by atoms with van der Waals surface area (Å²) in [6.45, 7) is 1.66. The molecule has 11 heteroatoms. The second kappa shape index (κ2) is 7.68. The van der Waals surface area contributed by atoms with Crippen LogP contribution in [0.4, 0.5) is 24.7 Å². The van der Waals surface area contributed by atoms with Crippen molar-refractivity contribution in [3.8, 4) is 0 Å². The van der Waals surface area contributed by atoms with Crippen molar-refractivity contribution < 1.29 is 23.1 Å². The van der Waals surface area contributed by atoms with E-state index in [9.17, 15) is 23.1 Å². The second-order valence-electron chi connectivity index (χ2n) is 6.54. The molecule has 1 unspecified atom stereocenters. The Balaban J connectivity index is 1.73. The number of likely N-dealkylation sites (N-methyl/N-ethyl adjacent to an activating group) is 1. The fraction of sp³-hybridized carbons (Fsp3) is 0.278. The molecule has 0 radical (unpaired) electrons. The molecule has 29 heavy (non-hydrogen) atoms. The summed E-state index contributed by atoms with van der Waals surface area (Å²) >= 11 is 0. The molecule has 0 saturated heterocycles. The summed E-state index contributed by atoms with van der Waals surface area (Å²) in [6.07, 6.45) is -3.21. The van der Waals surface area contributed by atoms with Crippen LogP contribution in [0.5, 0.6) is 0 Å². The standard InChI is InChI=1S/C18H19F3N6O2/c1-9(10-3-5-11(6-4-10)18(19,20)21)27(2)17(29)16(28)25-13-8-23-15(22)12-7-24-26-14(12)13/h3-9,17,29H,1-2H3,(H2,22,23)(H,24,26)(H,25,28)/t9-,17?/m1/s1. The van der Waals surface area contributed by atoms with E-state index in [1.54, 1.807) is 6.92 Å². The second-order valence-corrected chi connectivity index (χ2v) is 6.54. The van der Waals surface area contributed by atoms with Gasteiger partial charge < -0.3 is 16.2 Å². The Labute approximate surface area is 163 Å². The van der Waals surface area contributed by atoms with E-state index < -0.39 is 29.9 Å². The summed E-state index contributed by atoms with van der Waals surface area (Å²) < 4.78 is 38.1. The van der Waals surface area contributed by atoms with Crippen molar-refractivity contribution >= 4 is 28.3 Å². The number of nitrogens with one attached hydrogen (secondary N) is 2. The van der Waals surface area contributed by atoms with E-state index >= 15 is 0 Å². The first-order valence-corrected chi connectivity index (χ1v) is 8.55. The number of nitrogens with zero attached hydrogens (tertiary/aromatic N) is 3. The Morgan fingerprint density at radius 2 is 1.93 bits per heavy atom. The number of aliphatic hydroxyl groups excluding tert-OH is 1. The number of benzene rings is 1. The third-order valence-electron chi connectivity index (χ3n) is 4.73. The molecular formula is C18H19F3N6O2. The number of H-pyrrole nitrogens is 1. The van der Waals surface area contributed by atoms with Gasteiger partial charge in [0, 0.05) is 6.04 Å². The fourth-order valence-corrected chi connectivity index (χ4v) is 2.83. The summed E-state index contributed by atoms with van der Waals surface area (Å²) in [5, 5.41) is 20.0. The molecule has 154 valence electrons. The van der Waals surface area contributed by atoms with Crippen molar-refractivity contribution in [1.29, 1.82) is 0 Å². The molecule has 1 amide bonds. The predicted octanol–water partition coefficient (Wildman–Crippen LogP) is 2.51. The van der Waals surface area contributed by atoms with Crippen LogP contribution in [0.15, 0.2) is 36.7 Å². The van der Waals surface area contributed by atoms with Gasteiger partial charge in [0.2, 0.25) is 0 Å². The van der Waals surface area contributed by atoms with E-state index in [-0.39, 0.29) is 11.5 Å². The number of amides is 1. The number of nitrogens with two attached hydrogens (primary N) is 1. The van der Waals surface area contributed by atoms with E-state index in [0.717, 1.165) is 12.1 Å². The molecule has 0 aliphatic rings. The van der Waals surface area contributed by atoms with Crippen LogP contribution in [0, 0.1) is 0 Å². The quantitative estimate of drug-likeness (QED) is 0.482. The molecular weight excluding hydrogens is 389 g/mol. The normalized spacial score (nSPS) is 14.2. The van der Waals surface area contributed by atoms with Gasteiger partial charge in [-0.05, 0) is 31.7 Å². The maximum Gasteiger partial charge on any atom is 0.416 e. The Morgan fingerprint density at radius 3 is 2.55 bits per heavy atom.